The Morgan fingerprint density at radius 2 is 1.78 bits per heavy atom. The number of nitrogen functional groups attached to an aromatic ring is 1. The van der Waals surface area contributed by atoms with E-state index in [1.807, 2.05) is 54.6 Å². The highest BCUT2D eigenvalue weighted by Gasteiger charge is 2.27. The number of carbonyl (C=O) groups is 1. The van der Waals surface area contributed by atoms with Crippen LogP contribution in [0.1, 0.15) is 5.56 Å². The fraction of sp³-hybridized carbons (Fsp3) is 0.0526. The van der Waals surface area contributed by atoms with Crippen molar-refractivity contribution < 1.29 is 4.79 Å². The molecule has 0 unspecified atom stereocenters. The van der Waals surface area contributed by atoms with E-state index in [1.165, 1.54) is 18.0 Å². The van der Waals surface area contributed by atoms with Crippen LogP contribution in [0.25, 0.3) is 0 Å². The van der Waals surface area contributed by atoms with Crippen LogP contribution in [-0.4, -0.2) is 21.6 Å². The van der Waals surface area contributed by atoms with E-state index in [0.717, 1.165) is 21.2 Å². The van der Waals surface area contributed by atoms with E-state index in [1.54, 1.807) is 16.7 Å². The van der Waals surface area contributed by atoms with Gasteiger partial charge in [0.05, 0.1) is 23.3 Å². The van der Waals surface area contributed by atoms with E-state index in [4.69, 9.17) is 11.0 Å². The van der Waals surface area contributed by atoms with Gasteiger partial charge in [0.15, 0.2) is 5.16 Å². The van der Waals surface area contributed by atoms with E-state index in [9.17, 15) is 4.79 Å². The van der Waals surface area contributed by atoms with Crippen LogP contribution in [-0.2, 0) is 4.79 Å². The van der Waals surface area contributed by atoms with Crippen LogP contribution >= 0.6 is 23.5 Å². The minimum atomic E-state index is -0.0771. The third kappa shape index (κ3) is 3.35. The molecule has 0 saturated heterocycles. The number of para-hydroxylation sites is 2. The number of hydrogen-bond donors (Lipinski definition) is 1. The molecular weight excluding hydrogens is 378 g/mol. The molecule has 4 rings (SSSR count). The van der Waals surface area contributed by atoms with Gasteiger partial charge in [0.1, 0.15) is 17.5 Å². The summed E-state index contributed by atoms with van der Waals surface area (Å²) in [4.78, 5) is 25.0. The number of carbonyl (C=O) groups excluding carboxylic acids is 1. The highest BCUT2D eigenvalue weighted by molar-refractivity contribution is 8.00. The molecule has 0 aliphatic carbocycles. The van der Waals surface area contributed by atoms with Gasteiger partial charge in [-0.15, -0.1) is 0 Å². The molecule has 8 heteroatoms. The quantitative estimate of drug-likeness (QED) is 0.535. The van der Waals surface area contributed by atoms with Crippen molar-refractivity contribution in [3.05, 3.63) is 60.3 Å². The Bertz CT molecular complexity index is 1030. The first-order valence-corrected chi connectivity index (χ1v) is 9.82. The largest absolute Gasteiger partial charge is 0.382 e. The number of nitrogens with zero attached hydrogens (tertiary/aromatic N) is 4. The van der Waals surface area contributed by atoms with Gasteiger partial charge in [0, 0.05) is 9.79 Å². The Morgan fingerprint density at radius 1 is 1.15 bits per heavy atom. The third-order valence-electron chi connectivity index (χ3n) is 3.92. The summed E-state index contributed by atoms with van der Waals surface area (Å²) in [6.07, 6.45) is 1.37. The number of hydrogen-bond acceptors (Lipinski definition) is 7. The molecule has 0 atom stereocenters. The van der Waals surface area contributed by atoms with E-state index in [0.29, 0.717) is 5.16 Å². The summed E-state index contributed by atoms with van der Waals surface area (Å²) >= 11 is 2.85. The molecule has 0 spiro atoms. The molecule has 2 N–H and O–H groups in total. The second kappa shape index (κ2) is 7.31. The maximum Gasteiger partial charge on any atom is 0.242 e. The van der Waals surface area contributed by atoms with E-state index < -0.39 is 0 Å². The summed E-state index contributed by atoms with van der Waals surface area (Å²) in [5.74, 6) is 0.192. The Hall–Kier alpha value is -3.02. The van der Waals surface area contributed by atoms with Crippen molar-refractivity contribution in [2.45, 2.75) is 14.9 Å². The monoisotopic (exact) mass is 391 g/mol. The number of nitriles is 1. The Kier molecular flexibility index (Phi) is 4.71. The van der Waals surface area contributed by atoms with Gasteiger partial charge in [-0.05, 0) is 24.3 Å². The summed E-state index contributed by atoms with van der Waals surface area (Å²) in [6, 6.07) is 17.6. The smallest absolute Gasteiger partial charge is 0.242 e. The van der Waals surface area contributed by atoms with Crippen molar-refractivity contribution in [3.8, 4) is 6.07 Å². The van der Waals surface area contributed by atoms with E-state index in [2.05, 4.69) is 9.97 Å². The fourth-order valence-corrected chi connectivity index (χ4v) is 4.43. The SMILES string of the molecule is N#Cc1cnc(SCC(=O)N2c3ccccc3Sc3ccccc32)nc1N. The van der Waals surface area contributed by atoms with Crippen LogP contribution in [0.3, 0.4) is 0 Å². The van der Waals surface area contributed by atoms with Gasteiger partial charge in [0.25, 0.3) is 0 Å². The maximum absolute atomic E-state index is 13.1. The lowest BCUT2D eigenvalue weighted by Gasteiger charge is -2.30. The molecule has 1 aliphatic rings. The molecule has 1 amide bonds. The van der Waals surface area contributed by atoms with Crippen molar-refractivity contribution in [2.75, 3.05) is 16.4 Å². The van der Waals surface area contributed by atoms with Crippen LogP contribution in [0.15, 0.2) is 69.7 Å². The number of fused-ring (bicyclic) bond motifs is 2. The van der Waals surface area contributed by atoms with Crippen LogP contribution in [0, 0.1) is 11.3 Å². The molecule has 0 fully saturated rings. The molecule has 3 aromatic rings. The van der Waals surface area contributed by atoms with Gasteiger partial charge in [-0.2, -0.15) is 5.26 Å². The van der Waals surface area contributed by atoms with Gasteiger partial charge < -0.3 is 5.73 Å². The highest BCUT2D eigenvalue weighted by Crippen LogP contribution is 2.48. The Labute approximate surface area is 164 Å². The molecule has 1 aromatic heterocycles. The van der Waals surface area contributed by atoms with E-state index >= 15 is 0 Å². The van der Waals surface area contributed by atoms with Gasteiger partial charge >= 0.3 is 0 Å². The average molecular weight is 391 g/mol. The molecule has 1 aliphatic heterocycles. The number of thioether (sulfide) groups is 1. The molecule has 0 radical (unpaired) electrons. The van der Waals surface area contributed by atoms with E-state index in [-0.39, 0.29) is 23.0 Å². The molecule has 132 valence electrons. The minimum absolute atomic E-state index is 0.0771. The second-order valence-corrected chi connectivity index (χ2v) is 7.64. The predicted molar refractivity (Wildman–Crippen MR) is 106 cm³/mol. The Morgan fingerprint density at radius 3 is 2.37 bits per heavy atom. The molecule has 6 nitrogen and oxygen atoms in total. The van der Waals surface area contributed by atoms with Crippen molar-refractivity contribution in [2.24, 2.45) is 0 Å². The fourth-order valence-electron chi connectivity index (χ4n) is 2.70. The number of amides is 1. The molecular formula is C19H13N5OS2. The molecule has 27 heavy (non-hydrogen) atoms. The van der Waals surface area contributed by atoms with Crippen molar-refractivity contribution in [3.63, 3.8) is 0 Å². The summed E-state index contributed by atoms with van der Waals surface area (Å²) in [5, 5.41) is 9.27. The lowest BCUT2D eigenvalue weighted by molar-refractivity contribution is -0.115. The third-order valence-corrected chi connectivity index (χ3v) is 5.90. The molecule has 0 bridgehead atoms. The number of benzene rings is 2. The zero-order valence-electron chi connectivity index (χ0n) is 14.0. The van der Waals surface area contributed by atoms with Crippen LogP contribution in [0.5, 0.6) is 0 Å². The summed E-state index contributed by atoms with van der Waals surface area (Å²) in [5.41, 5.74) is 7.68. The van der Waals surface area contributed by atoms with Crippen molar-refractivity contribution in [1.29, 1.82) is 5.26 Å². The molecule has 0 saturated carbocycles. The zero-order valence-corrected chi connectivity index (χ0v) is 15.6. The standard InChI is InChI=1S/C19H13N5OS2/c20-9-12-10-22-19(23-18(12)21)26-11-17(25)24-13-5-1-3-7-15(13)27-16-8-4-2-6-14(16)24/h1-8,10H,11H2,(H2,21,22,23). The van der Waals surface area contributed by atoms with Gasteiger partial charge in [-0.25, -0.2) is 9.97 Å². The van der Waals surface area contributed by atoms with Crippen LogP contribution < -0.4 is 10.6 Å². The molecule has 2 aromatic carbocycles. The number of nitrogens with two attached hydrogens (primary N) is 1. The van der Waals surface area contributed by atoms with Gasteiger partial charge in [-0.1, -0.05) is 47.8 Å². The van der Waals surface area contributed by atoms with Crippen molar-refractivity contribution >= 4 is 46.6 Å². The number of aromatic nitrogens is 2. The van der Waals surface area contributed by atoms with Gasteiger partial charge in [-0.3, -0.25) is 9.69 Å². The zero-order chi connectivity index (χ0) is 18.8. The molecule has 2 heterocycles. The predicted octanol–water partition coefficient (Wildman–Crippen LogP) is 3.85. The minimum Gasteiger partial charge on any atom is -0.382 e. The second-order valence-electron chi connectivity index (χ2n) is 5.62. The average Bonchev–Trinajstić information content (AvgIpc) is 2.70. The summed E-state index contributed by atoms with van der Waals surface area (Å²) in [6.45, 7) is 0. The van der Waals surface area contributed by atoms with Crippen LogP contribution in [0.2, 0.25) is 0 Å². The van der Waals surface area contributed by atoms with Crippen molar-refractivity contribution in [1.82, 2.24) is 9.97 Å². The first-order valence-electron chi connectivity index (χ1n) is 8.01. The lowest BCUT2D eigenvalue weighted by atomic mass is 10.2. The number of rotatable bonds is 3. The maximum atomic E-state index is 13.1. The first-order chi connectivity index (χ1) is 13.2. The first kappa shape index (κ1) is 17.4. The van der Waals surface area contributed by atoms with Gasteiger partial charge in [0.2, 0.25) is 5.91 Å². The topological polar surface area (TPSA) is 95.9 Å². The summed E-state index contributed by atoms with van der Waals surface area (Å²) in [7, 11) is 0. The summed E-state index contributed by atoms with van der Waals surface area (Å²) < 4.78 is 0. The number of anilines is 3. The Balaban J connectivity index is 1.61. The lowest BCUT2D eigenvalue weighted by Crippen LogP contribution is -2.30. The highest BCUT2D eigenvalue weighted by atomic mass is 32.2. The van der Waals surface area contributed by atoms with Crippen LogP contribution in [0.4, 0.5) is 17.2 Å². The normalized spacial score (nSPS) is 12.0.